The summed E-state index contributed by atoms with van der Waals surface area (Å²) < 4.78 is 5.28. The van der Waals surface area contributed by atoms with Gasteiger partial charge in [0.25, 0.3) is 5.91 Å². The molecule has 0 aliphatic rings. The molecule has 0 aliphatic carbocycles. The highest BCUT2D eigenvalue weighted by atomic mass is 35.5. The van der Waals surface area contributed by atoms with Crippen molar-refractivity contribution in [1.29, 1.82) is 5.26 Å². The molecule has 0 aliphatic heterocycles. The maximum absolute atomic E-state index is 12.0. The molecule has 2 rings (SSSR count). The first kappa shape index (κ1) is 17.6. The summed E-state index contributed by atoms with van der Waals surface area (Å²) in [6, 6.07) is 9.42. The molecule has 1 aromatic carbocycles. The third-order valence-corrected chi connectivity index (χ3v) is 3.55. The van der Waals surface area contributed by atoms with Crippen LogP contribution in [0.1, 0.15) is 33.5 Å². The van der Waals surface area contributed by atoms with Crippen LogP contribution in [0.5, 0.6) is 0 Å². The zero-order valence-electron chi connectivity index (χ0n) is 13.2. The molecule has 0 saturated heterocycles. The maximum Gasteiger partial charge on any atom is 0.255 e. The van der Waals surface area contributed by atoms with Crippen molar-refractivity contribution in [2.24, 2.45) is 0 Å². The molecule has 7 heteroatoms. The van der Waals surface area contributed by atoms with Gasteiger partial charge in [-0.3, -0.25) is 9.59 Å². The van der Waals surface area contributed by atoms with Gasteiger partial charge >= 0.3 is 0 Å². The molecule has 0 saturated carbocycles. The molecule has 124 valence electrons. The van der Waals surface area contributed by atoms with Crippen molar-refractivity contribution in [2.45, 2.75) is 19.9 Å². The predicted molar refractivity (Wildman–Crippen MR) is 88.5 cm³/mol. The summed E-state index contributed by atoms with van der Waals surface area (Å²) in [5.41, 5.74) is 0.956. The van der Waals surface area contributed by atoms with Gasteiger partial charge in [-0.05, 0) is 37.6 Å². The minimum atomic E-state index is -0.842. The summed E-state index contributed by atoms with van der Waals surface area (Å²) in [6.45, 7) is 3.16. The highest BCUT2D eigenvalue weighted by molar-refractivity contribution is 6.30. The lowest BCUT2D eigenvalue weighted by molar-refractivity contribution is -0.120. The van der Waals surface area contributed by atoms with E-state index in [1.165, 1.54) is 0 Å². The van der Waals surface area contributed by atoms with Crippen molar-refractivity contribution >= 4 is 23.4 Å². The van der Waals surface area contributed by atoms with Crippen molar-refractivity contribution in [3.63, 3.8) is 0 Å². The summed E-state index contributed by atoms with van der Waals surface area (Å²) in [4.78, 5) is 24.0. The molecule has 2 aromatic rings. The van der Waals surface area contributed by atoms with E-state index in [9.17, 15) is 14.9 Å². The molecule has 0 spiro atoms. The van der Waals surface area contributed by atoms with Crippen LogP contribution in [0.25, 0.3) is 0 Å². The fourth-order valence-electron chi connectivity index (χ4n) is 2.20. The molecule has 0 fully saturated rings. The van der Waals surface area contributed by atoms with Crippen molar-refractivity contribution in [2.75, 3.05) is 6.54 Å². The Morgan fingerprint density at radius 2 is 2.08 bits per heavy atom. The number of hydrogen-bond acceptors (Lipinski definition) is 4. The topological polar surface area (TPSA) is 95.1 Å². The van der Waals surface area contributed by atoms with Gasteiger partial charge in [-0.15, -0.1) is 0 Å². The second kappa shape index (κ2) is 7.66. The van der Waals surface area contributed by atoms with Crippen molar-refractivity contribution in [3.8, 4) is 6.07 Å². The zero-order chi connectivity index (χ0) is 17.7. The van der Waals surface area contributed by atoms with E-state index in [4.69, 9.17) is 16.0 Å². The van der Waals surface area contributed by atoms with Crippen LogP contribution < -0.4 is 10.6 Å². The van der Waals surface area contributed by atoms with Gasteiger partial charge in [0.2, 0.25) is 5.91 Å². The third kappa shape index (κ3) is 4.37. The van der Waals surface area contributed by atoms with E-state index in [1.807, 2.05) is 6.07 Å². The lowest BCUT2D eigenvalue weighted by atomic mass is 10.1. The number of nitrogens with one attached hydrogen (secondary N) is 2. The number of carbonyl (C=O) groups excluding carboxylic acids is 2. The highest BCUT2D eigenvalue weighted by Gasteiger charge is 2.17. The lowest BCUT2D eigenvalue weighted by Crippen LogP contribution is -2.38. The molecule has 2 N–H and O–H groups in total. The van der Waals surface area contributed by atoms with Crippen molar-refractivity contribution in [3.05, 3.63) is 58.0 Å². The second-order valence-corrected chi connectivity index (χ2v) is 5.63. The van der Waals surface area contributed by atoms with Crippen LogP contribution in [-0.2, 0) is 4.79 Å². The Kier molecular flexibility index (Phi) is 5.61. The van der Waals surface area contributed by atoms with Gasteiger partial charge in [-0.25, -0.2) is 0 Å². The molecule has 6 nitrogen and oxygen atoms in total. The van der Waals surface area contributed by atoms with Gasteiger partial charge in [0.15, 0.2) is 0 Å². The Morgan fingerprint density at radius 1 is 1.33 bits per heavy atom. The molecular formula is C17H16ClN3O3. The van der Waals surface area contributed by atoms with Crippen LogP contribution in [0.2, 0.25) is 5.02 Å². The zero-order valence-corrected chi connectivity index (χ0v) is 14.0. The average Bonchev–Trinajstić information content (AvgIpc) is 2.88. The molecule has 0 radical (unpaired) electrons. The van der Waals surface area contributed by atoms with Crippen molar-refractivity contribution in [1.82, 2.24) is 10.6 Å². The molecule has 2 amide bonds. The van der Waals surface area contributed by atoms with Crippen molar-refractivity contribution < 1.29 is 14.0 Å². The Hall–Kier alpha value is -2.78. The van der Waals surface area contributed by atoms with Gasteiger partial charge < -0.3 is 15.1 Å². The molecule has 0 unspecified atom stereocenters. The molecule has 1 atom stereocenters. The minimum Gasteiger partial charge on any atom is -0.466 e. The third-order valence-electron chi connectivity index (χ3n) is 3.31. The average molecular weight is 346 g/mol. The van der Waals surface area contributed by atoms with E-state index < -0.39 is 17.9 Å². The standard InChI is InChI=1S/C17H16ClN3O3/c1-10-6-14(11(2)24-10)17(23)20-9-16(22)21-15(8-19)12-4-3-5-13(18)7-12/h3-7,15H,9H2,1-2H3,(H,20,23)(H,21,22)/t15-/m0/s1. The van der Waals surface area contributed by atoms with Gasteiger partial charge in [-0.2, -0.15) is 5.26 Å². The minimum absolute atomic E-state index is 0.249. The SMILES string of the molecule is Cc1cc(C(=O)NCC(=O)N[C@@H](C#N)c2cccc(Cl)c2)c(C)o1. The first-order valence-electron chi connectivity index (χ1n) is 7.20. The number of nitriles is 1. The predicted octanol–water partition coefficient (Wildman–Crippen LogP) is 2.66. The van der Waals surface area contributed by atoms with Gasteiger partial charge in [0, 0.05) is 5.02 Å². The smallest absolute Gasteiger partial charge is 0.255 e. The van der Waals surface area contributed by atoms with Gasteiger partial charge in [-0.1, -0.05) is 23.7 Å². The first-order valence-corrected chi connectivity index (χ1v) is 7.58. The largest absolute Gasteiger partial charge is 0.466 e. The Balaban J connectivity index is 1.94. The normalized spacial score (nSPS) is 11.4. The molecule has 24 heavy (non-hydrogen) atoms. The number of benzene rings is 1. The number of halogens is 1. The van der Waals surface area contributed by atoms with Crippen LogP contribution >= 0.6 is 11.6 Å². The number of hydrogen-bond donors (Lipinski definition) is 2. The summed E-state index contributed by atoms with van der Waals surface area (Å²) >= 11 is 5.88. The first-order chi connectivity index (χ1) is 11.4. The summed E-state index contributed by atoms with van der Waals surface area (Å²) in [7, 11) is 0. The van der Waals surface area contributed by atoms with E-state index >= 15 is 0 Å². The Bertz CT molecular complexity index is 808. The molecule has 0 bridgehead atoms. The Morgan fingerprint density at radius 3 is 2.67 bits per heavy atom. The van der Waals surface area contributed by atoms with E-state index in [0.717, 1.165) is 0 Å². The number of furan rings is 1. The molecular weight excluding hydrogens is 330 g/mol. The van der Waals surface area contributed by atoms with E-state index in [-0.39, 0.29) is 6.54 Å². The quantitative estimate of drug-likeness (QED) is 0.870. The van der Waals surface area contributed by atoms with Crippen LogP contribution in [0, 0.1) is 25.2 Å². The van der Waals surface area contributed by atoms with E-state index in [1.54, 1.807) is 44.2 Å². The summed E-state index contributed by atoms with van der Waals surface area (Å²) in [5.74, 6) is 0.218. The van der Waals surface area contributed by atoms with E-state index in [0.29, 0.717) is 27.7 Å². The summed E-state index contributed by atoms with van der Waals surface area (Å²) in [5, 5.41) is 14.7. The molecule has 1 heterocycles. The Labute approximate surface area is 144 Å². The van der Waals surface area contributed by atoms with Crippen LogP contribution in [0.3, 0.4) is 0 Å². The number of carbonyl (C=O) groups is 2. The van der Waals surface area contributed by atoms with Gasteiger partial charge in [0.1, 0.15) is 17.6 Å². The highest BCUT2D eigenvalue weighted by Crippen LogP contribution is 2.17. The second-order valence-electron chi connectivity index (χ2n) is 5.19. The molecule has 1 aromatic heterocycles. The summed E-state index contributed by atoms with van der Waals surface area (Å²) in [6.07, 6.45) is 0. The van der Waals surface area contributed by atoms with E-state index in [2.05, 4.69) is 10.6 Å². The number of nitrogens with zero attached hydrogens (tertiary/aromatic N) is 1. The monoisotopic (exact) mass is 345 g/mol. The lowest BCUT2D eigenvalue weighted by Gasteiger charge is -2.12. The fraction of sp³-hybridized carbons (Fsp3) is 0.235. The number of rotatable bonds is 5. The number of amides is 2. The van der Waals surface area contributed by atoms with Gasteiger partial charge in [0.05, 0.1) is 18.2 Å². The van der Waals surface area contributed by atoms with Crippen LogP contribution in [0.4, 0.5) is 0 Å². The van der Waals surface area contributed by atoms with Crippen LogP contribution in [-0.4, -0.2) is 18.4 Å². The van der Waals surface area contributed by atoms with Crippen LogP contribution in [0.15, 0.2) is 34.7 Å². The fourth-order valence-corrected chi connectivity index (χ4v) is 2.40. The maximum atomic E-state index is 12.0. The number of aryl methyl sites for hydroxylation is 2.